The first-order valence-corrected chi connectivity index (χ1v) is 4.54. The highest BCUT2D eigenvalue weighted by atomic mass is 16.6. The number of rotatable bonds is 7. The molecule has 0 aromatic heterocycles. The highest BCUT2D eigenvalue weighted by molar-refractivity contribution is 4.45. The molecule has 0 saturated carbocycles. The lowest BCUT2D eigenvalue weighted by molar-refractivity contribution is -0.101. The summed E-state index contributed by atoms with van der Waals surface area (Å²) in [7, 11) is 0. The van der Waals surface area contributed by atoms with Gasteiger partial charge < -0.3 is 14.6 Å². The Labute approximate surface area is 74.7 Å². The molecule has 74 valence electrons. The Bertz CT molecular complexity index is 93.8. The maximum atomic E-state index is 8.73. The van der Waals surface area contributed by atoms with Gasteiger partial charge in [0.25, 0.3) is 0 Å². The number of aliphatic hydroxyl groups excluding tert-OH is 1. The van der Waals surface area contributed by atoms with Crippen LogP contribution in [0, 0.1) is 5.92 Å². The van der Waals surface area contributed by atoms with E-state index in [0.29, 0.717) is 19.1 Å². The summed E-state index contributed by atoms with van der Waals surface area (Å²) in [5.74, 6) is 0.608. The molecule has 0 aliphatic heterocycles. The maximum absolute atomic E-state index is 8.73. The van der Waals surface area contributed by atoms with Crippen LogP contribution in [-0.2, 0) is 9.47 Å². The molecule has 2 atom stereocenters. The van der Waals surface area contributed by atoms with Crippen LogP contribution in [-0.4, -0.2) is 31.2 Å². The molecule has 0 aliphatic carbocycles. The molecular weight excluding hydrogens is 156 g/mol. The van der Waals surface area contributed by atoms with Crippen LogP contribution >= 0.6 is 0 Å². The zero-order valence-electron chi connectivity index (χ0n) is 8.25. The summed E-state index contributed by atoms with van der Waals surface area (Å²) in [6.45, 7) is 7.69. The van der Waals surface area contributed by atoms with Gasteiger partial charge in [0.1, 0.15) is 0 Å². The van der Waals surface area contributed by atoms with Crippen molar-refractivity contribution in [1.29, 1.82) is 0 Å². The second-order valence-corrected chi connectivity index (χ2v) is 3.06. The molecule has 12 heavy (non-hydrogen) atoms. The predicted molar refractivity (Wildman–Crippen MR) is 47.9 cm³/mol. The lowest BCUT2D eigenvalue weighted by atomic mass is 10.1. The van der Waals surface area contributed by atoms with Gasteiger partial charge in [0.15, 0.2) is 6.29 Å². The summed E-state index contributed by atoms with van der Waals surface area (Å²) in [4.78, 5) is 0. The topological polar surface area (TPSA) is 38.7 Å². The van der Waals surface area contributed by atoms with E-state index in [0.717, 1.165) is 13.0 Å². The molecule has 0 radical (unpaired) electrons. The molecule has 3 heteroatoms. The van der Waals surface area contributed by atoms with Crippen molar-refractivity contribution in [2.75, 3.05) is 19.8 Å². The van der Waals surface area contributed by atoms with Crippen LogP contribution in [0.3, 0.4) is 0 Å². The molecule has 3 nitrogen and oxygen atoms in total. The zero-order chi connectivity index (χ0) is 9.40. The highest BCUT2D eigenvalue weighted by Gasteiger charge is 1.98. The lowest BCUT2D eigenvalue weighted by Gasteiger charge is -2.10. The first-order chi connectivity index (χ1) is 5.66. The van der Waals surface area contributed by atoms with Crippen molar-refractivity contribution in [3.63, 3.8) is 0 Å². The summed E-state index contributed by atoms with van der Waals surface area (Å²) in [5.41, 5.74) is 0. The van der Waals surface area contributed by atoms with Crippen molar-refractivity contribution in [1.82, 2.24) is 0 Å². The molecule has 0 aromatic carbocycles. The Morgan fingerprint density at radius 2 is 1.92 bits per heavy atom. The Morgan fingerprint density at radius 1 is 1.25 bits per heavy atom. The SMILES string of the molecule is CCC(C)COCCOC(C)O. The zero-order valence-corrected chi connectivity index (χ0v) is 8.25. The average Bonchev–Trinajstić information content (AvgIpc) is 2.03. The Morgan fingerprint density at radius 3 is 2.42 bits per heavy atom. The summed E-state index contributed by atoms with van der Waals surface area (Å²) in [6.07, 6.45) is 0.453. The second kappa shape index (κ2) is 7.53. The van der Waals surface area contributed by atoms with E-state index in [4.69, 9.17) is 14.6 Å². The molecule has 0 bridgehead atoms. The fourth-order valence-corrected chi connectivity index (χ4v) is 0.680. The number of ether oxygens (including phenoxy) is 2. The van der Waals surface area contributed by atoms with Crippen molar-refractivity contribution >= 4 is 0 Å². The smallest absolute Gasteiger partial charge is 0.151 e. The maximum Gasteiger partial charge on any atom is 0.151 e. The summed E-state index contributed by atoms with van der Waals surface area (Å²) < 4.78 is 10.2. The average molecular weight is 176 g/mol. The second-order valence-electron chi connectivity index (χ2n) is 3.06. The quantitative estimate of drug-likeness (QED) is 0.471. The van der Waals surface area contributed by atoms with Crippen LogP contribution < -0.4 is 0 Å². The number of hydrogen-bond donors (Lipinski definition) is 1. The van der Waals surface area contributed by atoms with Gasteiger partial charge in [0, 0.05) is 6.61 Å². The van der Waals surface area contributed by atoms with E-state index < -0.39 is 6.29 Å². The fraction of sp³-hybridized carbons (Fsp3) is 1.00. The summed E-state index contributed by atoms with van der Waals surface area (Å²) in [6, 6.07) is 0. The van der Waals surface area contributed by atoms with Crippen LogP contribution in [0.5, 0.6) is 0 Å². The normalized spacial score (nSPS) is 16.0. The van der Waals surface area contributed by atoms with E-state index in [9.17, 15) is 0 Å². The molecule has 1 N–H and O–H groups in total. The van der Waals surface area contributed by atoms with Crippen LogP contribution in [0.25, 0.3) is 0 Å². The van der Waals surface area contributed by atoms with Crippen molar-refractivity contribution in [2.45, 2.75) is 33.5 Å². The summed E-state index contributed by atoms with van der Waals surface area (Å²) >= 11 is 0. The van der Waals surface area contributed by atoms with Gasteiger partial charge in [-0.2, -0.15) is 0 Å². The van der Waals surface area contributed by atoms with Crippen LogP contribution in [0.1, 0.15) is 27.2 Å². The van der Waals surface area contributed by atoms with Gasteiger partial charge in [-0.25, -0.2) is 0 Å². The molecule has 0 aliphatic rings. The van der Waals surface area contributed by atoms with Crippen LogP contribution in [0.15, 0.2) is 0 Å². The molecule has 0 aromatic rings. The number of hydrogen-bond acceptors (Lipinski definition) is 3. The van der Waals surface area contributed by atoms with Crippen molar-refractivity contribution < 1.29 is 14.6 Å². The van der Waals surface area contributed by atoms with Crippen LogP contribution in [0.4, 0.5) is 0 Å². The monoisotopic (exact) mass is 176 g/mol. The highest BCUT2D eigenvalue weighted by Crippen LogP contribution is 2.00. The molecule has 0 amide bonds. The van der Waals surface area contributed by atoms with Crippen molar-refractivity contribution in [3.05, 3.63) is 0 Å². The molecular formula is C9H20O3. The van der Waals surface area contributed by atoms with Gasteiger partial charge in [-0.15, -0.1) is 0 Å². The largest absolute Gasteiger partial charge is 0.379 e. The first kappa shape index (κ1) is 11.9. The fourth-order valence-electron chi connectivity index (χ4n) is 0.680. The van der Waals surface area contributed by atoms with E-state index in [1.54, 1.807) is 6.92 Å². The third-order valence-corrected chi connectivity index (χ3v) is 1.69. The minimum Gasteiger partial charge on any atom is -0.379 e. The Balaban J connectivity index is 3.00. The third kappa shape index (κ3) is 7.98. The first-order valence-electron chi connectivity index (χ1n) is 4.54. The molecule has 0 heterocycles. The van der Waals surface area contributed by atoms with Gasteiger partial charge in [0.05, 0.1) is 13.2 Å². The number of aliphatic hydroxyl groups is 1. The molecule has 0 fully saturated rings. The van der Waals surface area contributed by atoms with E-state index in [2.05, 4.69) is 13.8 Å². The van der Waals surface area contributed by atoms with E-state index in [1.807, 2.05) is 0 Å². The minimum absolute atomic E-state index is 0.466. The molecule has 0 spiro atoms. The molecule has 2 unspecified atom stereocenters. The third-order valence-electron chi connectivity index (χ3n) is 1.69. The van der Waals surface area contributed by atoms with Gasteiger partial charge in [0.2, 0.25) is 0 Å². The van der Waals surface area contributed by atoms with Gasteiger partial charge >= 0.3 is 0 Å². The molecule has 0 saturated heterocycles. The predicted octanol–water partition coefficient (Wildman–Crippen LogP) is 1.40. The Kier molecular flexibility index (Phi) is 7.45. The van der Waals surface area contributed by atoms with E-state index >= 15 is 0 Å². The van der Waals surface area contributed by atoms with Gasteiger partial charge in [-0.1, -0.05) is 20.3 Å². The standard InChI is InChI=1S/C9H20O3/c1-4-8(2)7-11-5-6-12-9(3)10/h8-10H,4-7H2,1-3H3. The van der Waals surface area contributed by atoms with Gasteiger partial charge in [-0.05, 0) is 12.8 Å². The Hall–Kier alpha value is -0.120. The lowest BCUT2D eigenvalue weighted by Crippen LogP contribution is -2.14. The minimum atomic E-state index is -0.683. The van der Waals surface area contributed by atoms with E-state index in [1.165, 1.54) is 0 Å². The van der Waals surface area contributed by atoms with Gasteiger partial charge in [-0.3, -0.25) is 0 Å². The molecule has 0 rings (SSSR count). The summed E-state index contributed by atoms with van der Waals surface area (Å²) in [5, 5.41) is 8.73. The van der Waals surface area contributed by atoms with Crippen molar-refractivity contribution in [3.8, 4) is 0 Å². The van der Waals surface area contributed by atoms with E-state index in [-0.39, 0.29) is 0 Å². The van der Waals surface area contributed by atoms with Crippen molar-refractivity contribution in [2.24, 2.45) is 5.92 Å². The van der Waals surface area contributed by atoms with Crippen LogP contribution in [0.2, 0.25) is 0 Å².